The molecule has 1 atom stereocenters. The smallest absolute Gasteiger partial charge is 0.313 e. The molecule has 30 heavy (non-hydrogen) atoms. The first-order valence-electron chi connectivity index (χ1n) is 9.26. The maximum Gasteiger partial charge on any atom is 0.419 e. The van der Waals surface area contributed by atoms with Crippen LogP contribution in [0.3, 0.4) is 0 Å². The van der Waals surface area contributed by atoms with Gasteiger partial charge in [0.05, 0.1) is 23.5 Å². The Morgan fingerprint density at radius 1 is 1.10 bits per heavy atom. The predicted molar refractivity (Wildman–Crippen MR) is 103 cm³/mol. The average Bonchev–Trinajstić information content (AvgIpc) is 2.72. The molecule has 1 aliphatic heterocycles. The summed E-state index contributed by atoms with van der Waals surface area (Å²) in [5.41, 5.74) is 1.15. The van der Waals surface area contributed by atoms with Gasteiger partial charge in [-0.15, -0.1) is 0 Å². The van der Waals surface area contributed by atoms with Crippen LogP contribution in [0.4, 0.5) is 28.0 Å². The van der Waals surface area contributed by atoms with Crippen LogP contribution in [-0.2, 0) is 12.6 Å². The number of fused-ring (bicyclic) bond motifs is 1. The monoisotopic (exact) mass is 415 g/mol. The number of nitrogens with zero attached hydrogens (tertiary/aromatic N) is 2. The van der Waals surface area contributed by atoms with Crippen molar-refractivity contribution in [3.63, 3.8) is 0 Å². The number of carbonyl (C=O) groups excluding carboxylic acids is 1. The van der Waals surface area contributed by atoms with Gasteiger partial charge in [0, 0.05) is 12.7 Å². The van der Waals surface area contributed by atoms with Crippen molar-refractivity contribution in [1.82, 2.24) is 9.88 Å². The first-order chi connectivity index (χ1) is 14.3. The summed E-state index contributed by atoms with van der Waals surface area (Å²) in [6.07, 6.45) is -1.15. The van der Waals surface area contributed by atoms with Gasteiger partial charge in [0.1, 0.15) is 5.82 Å². The number of benzene rings is 2. The summed E-state index contributed by atoms with van der Waals surface area (Å²) in [5, 5.41) is 2.74. The number of hydrogen-bond acceptors (Lipinski definition) is 2. The molecule has 4 nitrogen and oxygen atoms in total. The van der Waals surface area contributed by atoms with Crippen LogP contribution in [0.25, 0.3) is 0 Å². The second kappa shape index (κ2) is 7.78. The summed E-state index contributed by atoms with van der Waals surface area (Å²) >= 11 is 0. The fraction of sp³-hybridized carbons (Fsp3) is 0.182. The number of anilines is 1. The molecule has 2 amide bonds. The van der Waals surface area contributed by atoms with E-state index in [4.69, 9.17) is 0 Å². The van der Waals surface area contributed by atoms with Crippen LogP contribution in [0.15, 0.2) is 67.0 Å². The highest BCUT2D eigenvalue weighted by Gasteiger charge is 2.36. The first-order valence-corrected chi connectivity index (χ1v) is 9.26. The molecule has 154 valence electrons. The summed E-state index contributed by atoms with van der Waals surface area (Å²) < 4.78 is 53.3. The number of urea groups is 1. The Balaban J connectivity index is 1.74. The zero-order chi connectivity index (χ0) is 21.3. The highest BCUT2D eigenvalue weighted by Crippen LogP contribution is 2.38. The van der Waals surface area contributed by atoms with Crippen LogP contribution in [0, 0.1) is 5.82 Å². The molecule has 0 saturated heterocycles. The van der Waals surface area contributed by atoms with Crippen molar-refractivity contribution in [3.05, 3.63) is 95.1 Å². The number of halogens is 4. The third-order valence-corrected chi connectivity index (χ3v) is 5.07. The Morgan fingerprint density at radius 2 is 1.90 bits per heavy atom. The third-order valence-electron chi connectivity index (χ3n) is 5.07. The molecule has 3 aromatic rings. The van der Waals surface area contributed by atoms with E-state index in [0.29, 0.717) is 18.7 Å². The van der Waals surface area contributed by atoms with Gasteiger partial charge < -0.3 is 10.2 Å². The Morgan fingerprint density at radius 3 is 2.60 bits per heavy atom. The summed E-state index contributed by atoms with van der Waals surface area (Å²) in [7, 11) is 0. The van der Waals surface area contributed by atoms with Gasteiger partial charge >= 0.3 is 12.2 Å². The van der Waals surface area contributed by atoms with Crippen LogP contribution in [0.1, 0.15) is 28.3 Å². The van der Waals surface area contributed by atoms with Crippen molar-refractivity contribution in [2.45, 2.75) is 18.6 Å². The summed E-state index contributed by atoms with van der Waals surface area (Å²) in [6, 6.07) is 12.3. The predicted octanol–water partition coefficient (Wildman–Crippen LogP) is 5.42. The number of pyridine rings is 1. The van der Waals surface area contributed by atoms with Gasteiger partial charge in [0.15, 0.2) is 0 Å². The van der Waals surface area contributed by atoms with Crippen LogP contribution in [0.5, 0.6) is 0 Å². The first kappa shape index (κ1) is 19.9. The minimum atomic E-state index is -4.79. The topological polar surface area (TPSA) is 45.2 Å². The normalized spacial score (nSPS) is 16.1. The molecular weight excluding hydrogens is 398 g/mol. The van der Waals surface area contributed by atoms with Crippen molar-refractivity contribution in [3.8, 4) is 0 Å². The molecule has 0 radical (unpaired) electrons. The van der Waals surface area contributed by atoms with Gasteiger partial charge in [-0.3, -0.25) is 4.98 Å². The lowest BCUT2D eigenvalue weighted by Crippen LogP contribution is -2.43. The van der Waals surface area contributed by atoms with E-state index in [0.717, 1.165) is 23.3 Å². The molecule has 4 rings (SSSR count). The van der Waals surface area contributed by atoms with Crippen molar-refractivity contribution in [2.24, 2.45) is 0 Å². The third kappa shape index (κ3) is 3.85. The Labute approximate surface area is 170 Å². The number of aromatic nitrogens is 1. The quantitative estimate of drug-likeness (QED) is 0.568. The number of hydrogen-bond donors (Lipinski definition) is 1. The molecule has 2 aromatic carbocycles. The lowest BCUT2D eigenvalue weighted by atomic mass is 9.88. The van der Waals surface area contributed by atoms with E-state index in [9.17, 15) is 22.4 Å². The van der Waals surface area contributed by atoms with E-state index in [2.05, 4.69) is 10.3 Å². The van der Waals surface area contributed by atoms with E-state index in [-0.39, 0.29) is 5.56 Å². The van der Waals surface area contributed by atoms with Crippen LogP contribution < -0.4 is 5.32 Å². The van der Waals surface area contributed by atoms with E-state index >= 15 is 0 Å². The lowest BCUT2D eigenvalue weighted by Gasteiger charge is -2.37. The molecule has 0 saturated carbocycles. The fourth-order valence-corrected chi connectivity index (χ4v) is 3.71. The highest BCUT2D eigenvalue weighted by atomic mass is 19.4. The number of rotatable bonds is 2. The molecular formula is C22H17F4N3O. The SMILES string of the molecule is O=C(Nc1cccnc1)N1CCc2ccccc2[C@H]1c1ccc(C(F)(F)F)c(F)c1. The van der Waals surface area contributed by atoms with E-state index < -0.39 is 29.6 Å². The molecule has 1 aromatic heterocycles. The van der Waals surface area contributed by atoms with Crippen LogP contribution >= 0.6 is 0 Å². The van der Waals surface area contributed by atoms with E-state index in [1.54, 1.807) is 30.5 Å². The van der Waals surface area contributed by atoms with Gasteiger partial charge in [0.25, 0.3) is 0 Å². The number of carbonyl (C=O) groups is 1. The van der Waals surface area contributed by atoms with Gasteiger partial charge in [-0.25, -0.2) is 9.18 Å². The Bertz CT molecular complexity index is 1070. The molecule has 1 aliphatic rings. The van der Waals surface area contributed by atoms with Gasteiger partial charge in [-0.1, -0.05) is 30.3 Å². The van der Waals surface area contributed by atoms with Gasteiger partial charge in [-0.05, 0) is 47.4 Å². The number of alkyl halides is 3. The standard InChI is InChI=1S/C22H17F4N3O/c23-19-12-15(7-8-18(19)22(24,25)26)20-17-6-2-1-4-14(17)9-11-29(20)21(30)28-16-5-3-10-27-13-16/h1-8,10,12-13,20H,9,11H2,(H,28,30)/t20-/m1/s1. The lowest BCUT2D eigenvalue weighted by molar-refractivity contribution is -0.140. The number of nitrogens with one attached hydrogen (secondary N) is 1. The molecule has 0 fully saturated rings. The minimum Gasteiger partial charge on any atom is -0.313 e. The minimum absolute atomic E-state index is 0.272. The Hall–Kier alpha value is -3.42. The fourth-order valence-electron chi connectivity index (χ4n) is 3.71. The van der Waals surface area contributed by atoms with Gasteiger partial charge in [0.2, 0.25) is 0 Å². The largest absolute Gasteiger partial charge is 0.419 e. The second-order valence-electron chi connectivity index (χ2n) is 6.95. The van der Waals surface area contributed by atoms with Crippen molar-refractivity contribution < 1.29 is 22.4 Å². The zero-order valence-electron chi connectivity index (χ0n) is 15.7. The van der Waals surface area contributed by atoms with Crippen molar-refractivity contribution in [2.75, 3.05) is 11.9 Å². The molecule has 2 heterocycles. The van der Waals surface area contributed by atoms with Crippen molar-refractivity contribution >= 4 is 11.7 Å². The highest BCUT2D eigenvalue weighted by molar-refractivity contribution is 5.90. The number of amides is 2. The van der Waals surface area contributed by atoms with Gasteiger partial charge in [-0.2, -0.15) is 13.2 Å². The molecule has 1 N–H and O–H groups in total. The summed E-state index contributed by atoms with van der Waals surface area (Å²) in [6.45, 7) is 0.330. The Kier molecular flexibility index (Phi) is 5.15. The molecule has 0 bridgehead atoms. The second-order valence-corrected chi connectivity index (χ2v) is 6.95. The van der Waals surface area contributed by atoms with E-state index in [1.165, 1.54) is 17.2 Å². The molecule has 0 unspecified atom stereocenters. The molecule has 0 spiro atoms. The summed E-state index contributed by atoms with van der Waals surface area (Å²) in [4.78, 5) is 18.4. The van der Waals surface area contributed by atoms with Crippen molar-refractivity contribution in [1.29, 1.82) is 0 Å². The van der Waals surface area contributed by atoms with E-state index in [1.807, 2.05) is 12.1 Å². The molecule has 0 aliphatic carbocycles. The average molecular weight is 415 g/mol. The van der Waals surface area contributed by atoms with Crippen LogP contribution in [-0.4, -0.2) is 22.5 Å². The van der Waals surface area contributed by atoms with Crippen LogP contribution in [0.2, 0.25) is 0 Å². The summed E-state index contributed by atoms with van der Waals surface area (Å²) in [5.74, 6) is -1.37. The maximum absolute atomic E-state index is 14.3. The zero-order valence-corrected chi connectivity index (χ0v) is 15.7. The maximum atomic E-state index is 14.3. The molecule has 8 heteroatoms.